The Hall–Kier alpha value is -0.610. The van der Waals surface area contributed by atoms with Crippen molar-refractivity contribution >= 4 is 5.91 Å². The lowest BCUT2D eigenvalue weighted by Gasteiger charge is -2.30. The number of carbonyl (C=O) groups is 1. The Labute approximate surface area is 116 Å². The van der Waals surface area contributed by atoms with E-state index in [4.69, 9.17) is 4.74 Å². The summed E-state index contributed by atoms with van der Waals surface area (Å²) >= 11 is 0. The highest BCUT2D eigenvalue weighted by Crippen LogP contribution is 2.28. The number of piperidine rings is 1. The Morgan fingerprint density at radius 2 is 2.05 bits per heavy atom. The summed E-state index contributed by atoms with van der Waals surface area (Å²) in [6, 6.07) is -0.0922. The molecule has 0 aromatic carbocycles. The number of carbonyl (C=O) groups excluding carboxylic acids is 1. The van der Waals surface area contributed by atoms with Crippen molar-refractivity contribution in [2.75, 3.05) is 19.6 Å². The maximum Gasteiger partial charge on any atom is 0.239 e. The lowest BCUT2D eigenvalue weighted by atomic mass is 10.1. The molecule has 2 unspecified atom stereocenters. The second kappa shape index (κ2) is 6.23. The van der Waals surface area contributed by atoms with Crippen LogP contribution in [-0.2, 0) is 9.53 Å². The number of nitrogens with one attached hydrogen (secondary N) is 1. The van der Waals surface area contributed by atoms with Crippen LogP contribution in [0.2, 0.25) is 0 Å². The summed E-state index contributed by atoms with van der Waals surface area (Å²) < 4.78 is 5.94. The van der Waals surface area contributed by atoms with Crippen LogP contribution in [0.25, 0.3) is 0 Å². The van der Waals surface area contributed by atoms with E-state index < -0.39 is 0 Å². The highest BCUT2D eigenvalue weighted by molar-refractivity contribution is 5.81. The number of hydrogen-bond acceptors (Lipinski definition) is 3. The van der Waals surface area contributed by atoms with Crippen LogP contribution in [-0.4, -0.2) is 48.2 Å². The number of rotatable bonds is 4. The smallest absolute Gasteiger partial charge is 0.239 e. The molecule has 0 saturated carbocycles. The largest absolute Gasteiger partial charge is 0.371 e. The van der Waals surface area contributed by atoms with Crippen molar-refractivity contribution in [1.29, 1.82) is 0 Å². The molecular formula is C15H28N2O2. The van der Waals surface area contributed by atoms with Crippen molar-refractivity contribution in [3.63, 3.8) is 0 Å². The molecule has 2 atom stereocenters. The van der Waals surface area contributed by atoms with Crippen molar-refractivity contribution in [2.24, 2.45) is 0 Å². The van der Waals surface area contributed by atoms with Gasteiger partial charge in [-0.3, -0.25) is 4.79 Å². The predicted molar refractivity (Wildman–Crippen MR) is 76.1 cm³/mol. The minimum Gasteiger partial charge on any atom is -0.371 e. The molecule has 0 spiro atoms. The van der Waals surface area contributed by atoms with Crippen molar-refractivity contribution in [2.45, 2.75) is 70.6 Å². The molecule has 2 fully saturated rings. The van der Waals surface area contributed by atoms with Gasteiger partial charge in [0, 0.05) is 19.6 Å². The molecule has 0 aromatic heterocycles. The molecule has 0 aromatic rings. The van der Waals surface area contributed by atoms with Gasteiger partial charge in [-0.2, -0.15) is 0 Å². The molecule has 1 N–H and O–H groups in total. The van der Waals surface area contributed by atoms with Crippen LogP contribution in [0.15, 0.2) is 0 Å². The first-order valence-electron chi connectivity index (χ1n) is 7.68. The molecule has 4 nitrogen and oxygen atoms in total. The first kappa shape index (κ1) is 14.8. The lowest BCUT2D eigenvalue weighted by Crippen LogP contribution is -2.48. The number of likely N-dealkylation sites (tertiary alicyclic amines) is 1. The maximum atomic E-state index is 12.3. The van der Waals surface area contributed by atoms with Crippen molar-refractivity contribution in [3.05, 3.63) is 0 Å². The number of hydrogen-bond donors (Lipinski definition) is 1. The van der Waals surface area contributed by atoms with Crippen LogP contribution in [0.3, 0.4) is 0 Å². The minimum atomic E-state index is -0.0922. The molecule has 0 radical (unpaired) electrons. The van der Waals surface area contributed by atoms with Gasteiger partial charge in [-0.1, -0.05) is 0 Å². The van der Waals surface area contributed by atoms with Gasteiger partial charge >= 0.3 is 0 Å². The second-order valence-electron chi connectivity index (χ2n) is 6.55. The van der Waals surface area contributed by atoms with Crippen LogP contribution in [0.1, 0.15) is 52.9 Å². The summed E-state index contributed by atoms with van der Waals surface area (Å²) in [5.41, 5.74) is 0.00641. The van der Waals surface area contributed by atoms with Crippen LogP contribution < -0.4 is 5.32 Å². The average Bonchev–Trinajstić information content (AvgIpc) is 2.76. The first-order chi connectivity index (χ1) is 8.98. The molecule has 1 amide bonds. The van der Waals surface area contributed by atoms with E-state index in [1.165, 1.54) is 6.42 Å². The summed E-state index contributed by atoms with van der Waals surface area (Å²) in [5.74, 6) is 0.247. The molecule has 110 valence electrons. The summed E-state index contributed by atoms with van der Waals surface area (Å²) in [4.78, 5) is 14.3. The van der Waals surface area contributed by atoms with Gasteiger partial charge in [0.2, 0.25) is 5.91 Å². The quantitative estimate of drug-likeness (QED) is 0.847. The third-order valence-electron chi connectivity index (χ3n) is 4.24. The third kappa shape index (κ3) is 4.18. The Morgan fingerprint density at radius 1 is 1.37 bits per heavy atom. The van der Waals surface area contributed by atoms with Gasteiger partial charge in [0.15, 0.2) is 0 Å². The zero-order valence-electron chi connectivity index (χ0n) is 12.6. The van der Waals surface area contributed by atoms with Crippen molar-refractivity contribution < 1.29 is 9.53 Å². The summed E-state index contributed by atoms with van der Waals surface area (Å²) in [6.07, 6.45) is 6.01. The van der Waals surface area contributed by atoms with Gasteiger partial charge in [0.05, 0.1) is 17.7 Å². The van der Waals surface area contributed by atoms with Gasteiger partial charge in [-0.15, -0.1) is 0 Å². The molecule has 2 aliphatic rings. The van der Waals surface area contributed by atoms with Gasteiger partial charge < -0.3 is 15.0 Å². The summed E-state index contributed by atoms with van der Waals surface area (Å²) in [7, 11) is 0. The van der Waals surface area contributed by atoms with Crippen molar-refractivity contribution in [1.82, 2.24) is 10.2 Å². The van der Waals surface area contributed by atoms with E-state index in [1.54, 1.807) is 0 Å². The van der Waals surface area contributed by atoms with E-state index in [0.717, 1.165) is 45.3 Å². The second-order valence-corrected chi connectivity index (χ2v) is 6.55. The highest BCUT2D eigenvalue weighted by atomic mass is 16.5. The molecule has 2 saturated heterocycles. The molecule has 2 rings (SSSR count). The van der Waals surface area contributed by atoms with E-state index in [0.29, 0.717) is 0 Å². The monoisotopic (exact) mass is 268 g/mol. The molecule has 0 aliphatic carbocycles. The maximum absolute atomic E-state index is 12.3. The van der Waals surface area contributed by atoms with Gasteiger partial charge in [0.1, 0.15) is 0 Å². The predicted octanol–water partition coefficient (Wildman–Crippen LogP) is 1.93. The SMILES string of the molecule is CC(NCC1CCC(C)(C)O1)C(=O)N1CCCCC1. The fourth-order valence-electron chi connectivity index (χ4n) is 3.01. The van der Waals surface area contributed by atoms with Crippen molar-refractivity contribution in [3.8, 4) is 0 Å². The number of amides is 1. The van der Waals surface area contributed by atoms with E-state index in [1.807, 2.05) is 11.8 Å². The van der Waals surface area contributed by atoms with Crippen LogP contribution in [0, 0.1) is 0 Å². The van der Waals surface area contributed by atoms with E-state index in [-0.39, 0.29) is 23.7 Å². The minimum absolute atomic E-state index is 0.00641. The molecule has 2 heterocycles. The molecule has 4 heteroatoms. The van der Waals surface area contributed by atoms with Crippen LogP contribution in [0.5, 0.6) is 0 Å². The number of nitrogens with zero attached hydrogens (tertiary/aromatic N) is 1. The first-order valence-corrected chi connectivity index (χ1v) is 7.68. The average molecular weight is 268 g/mol. The lowest BCUT2D eigenvalue weighted by molar-refractivity contribution is -0.134. The van der Waals surface area contributed by atoms with Gasteiger partial charge in [-0.05, 0) is 52.9 Å². The third-order valence-corrected chi connectivity index (χ3v) is 4.24. The Bertz CT molecular complexity index is 311. The normalized spacial score (nSPS) is 28.4. The highest BCUT2D eigenvalue weighted by Gasteiger charge is 2.32. The summed E-state index contributed by atoms with van der Waals surface area (Å²) in [5, 5.41) is 3.34. The molecular weight excluding hydrogens is 240 g/mol. The molecule has 0 bridgehead atoms. The topological polar surface area (TPSA) is 41.6 Å². The fourth-order valence-corrected chi connectivity index (χ4v) is 3.01. The molecule has 2 aliphatic heterocycles. The van der Waals surface area contributed by atoms with E-state index in [9.17, 15) is 4.79 Å². The van der Waals surface area contributed by atoms with E-state index >= 15 is 0 Å². The van der Waals surface area contributed by atoms with Gasteiger partial charge in [0.25, 0.3) is 0 Å². The summed E-state index contributed by atoms with van der Waals surface area (Å²) in [6.45, 7) is 8.88. The Morgan fingerprint density at radius 3 is 2.63 bits per heavy atom. The molecule has 19 heavy (non-hydrogen) atoms. The van der Waals surface area contributed by atoms with Crippen LogP contribution >= 0.6 is 0 Å². The number of ether oxygens (including phenoxy) is 1. The van der Waals surface area contributed by atoms with Gasteiger partial charge in [-0.25, -0.2) is 0 Å². The van der Waals surface area contributed by atoms with E-state index in [2.05, 4.69) is 19.2 Å². The zero-order chi connectivity index (χ0) is 13.9. The van der Waals surface area contributed by atoms with Crippen LogP contribution in [0.4, 0.5) is 0 Å². The Kier molecular flexibility index (Phi) is 4.85. The zero-order valence-corrected chi connectivity index (χ0v) is 12.6. The standard InChI is InChI=1S/C15H28N2O2/c1-12(14(18)17-9-5-4-6-10-17)16-11-13-7-8-15(2,3)19-13/h12-13,16H,4-11H2,1-3H3. The fraction of sp³-hybridized carbons (Fsp3) is 0.933. The Balaban J connectivity index is 1.71.